The van der Waals surface area contributed by atoms with E-state index < -0.39 is 0 Å². The summed E-state index contributed by atoms with van der Waals surface area (Å²) in [6, 6.07) is -0.0584. The molecule has 7 heteroatoms. The van der Waals surface area contributed by atoms with Crippen LogP contribution in [0.1, 0.15) is 50.4 Å². The fourth-order valence-electron chi connectivity index (χ4n) is 3.23. The van der Waals surface area contributed by atoms with Gasteiger partial charge in [0.2, 0.25) is 11.8 Å². The number of rotatable bonds is 6. The lowest BCUT2D eigenvalue weighted by atomic mass is 10.0. The van der Waals surface area contributed by atoms with Crippen LogP contribution in [0.3, 0.4) is 0 Å². The number of ether oxygens (including phenoxy) is 2. The minimum atomic E-state index is -0.0584. The van der Waals surface area contributed by atoms with Gasteiger partial charge in [0.05, 0.1) is 6.61 Å². The number of amides is 1. The standard InChI is InChI=1S/C16H25N3O4/c1-12(20)19-7-2-3-14(19)16-17-15(18-23-16)6-10-22-11-13-4-8-21-9-5-13/h13-14H,2-11H2,1H3. The zero-order valence-corrected chi connectivity index (χ0v) is 13.7. The number of carbonyl (C=O) groups is 1. The van der Waals surface area contributed by atoms with Gasteiger partial charge in [0, 0.05) is 39.7 Å². The lowest BCUT2D eigenvalue weighted by Gasteiger charge is -2.21. The Labute approximate surface area is 136 Å². The second-order valence-electron chi connectivity index (χ2n) is 6.30. The topological polar surface area (TPSA) is 77.7 Å². The molecule has 0 spiro atoms. The van der Waals surface area contributed by atoms with Crippen LogP contribution in [0.5, 0.6) is 0 Å². The monoisotopic (exact) mass is 323 g/mol. The normalized spacial score (nSPS) is 22.7. The third-order valence-corrected chi connectivity index (χ3v) is 4.59. The summed E-state index contributed by atoms with van der Waals surface area (Å²) in [6.07, 6.45) is 4.67. The number of nitrogens with zero attached hydrogens (tertiary/aromatic N) is 3. The maximum absolute atomic E-state index is 11.6. The van der Waals surface area contributed by atoms with Gasteiger partial charge in [0.1, 0.15) is 6.04 Å². The van der Waals surface area contributed by atoms with Crippen molar-refractivity contribution in [2.75, 3.05) is 33.0 Å². The van der Waals surface area contributed by atoms with Crippen LogP contribution in [0.15, 0.2) is 4.52 Å². The third-order valence-electron chi connectivity index (χ3n) is 4.59. The van der Waals surface area contributed by atoms with E-state index in [-0.39, 0.29) is 11.9 Å². The van der Waals surface area contributed by atoms with Crippen molar-refractivity contribution in [1.82, 2.24) is 15.0 Å². The van der Waals surface area contributed by atoms with E-state index in [0.717, 1.165) is 52.0 Å². The Kier molecular flexibility index (Phi) is 5.61. The molecule has 23 heavy (non-hydrogen) atoms. The van der Waals surface area contributed by atoms with Gasteiger partial charge in [0.25, 0.3) is 0 Å². The largest absolute Gasteiger partial charge is 0.381 e. The molecule has 3 rings (SSSR count). The minimum Gasteiger partial charge on any atom is -0.381 e. The summed E-state index contributed by atoms with van der Waals surface area (Å²) in [5, 5.41) is 4.01. The van der Waals surface area contributed by atoms with Gasteiger partial charge in [0.15, 0.2) is 5.82 Å². The van der Waals surface area contributed by atoms with Gasteiger partial charge in [-0.3, -0.25) is 4.79 Å². The molecule has 1 unspecified atom stereocenters. The molecule has 128 valence electrons. The Hall–Kier alpha value is -1.47. The summed E-state index contributed by atoms with van der Waals surface area (Å²) in [5.74, 6) is 1.87. The van der Waals surface area contributed by atoms with E-state index in [1.165, 1.54) is 0 Å². The van der Waals surface area contributed by atoms with Crippen molar-refractivity contribution in [1.29, 1.82) is 0 Å². The number of carbonyl (C=O) groups excluding carboxylic acids is 1. The molecule has 3 heterocycles. The van der Waals surface area contributed by atoms with Gasteiger partial charge in [-0.1, -0.05) is 5.16 Å². The molecule has 7 nitrogen and oxygen atoms in total. The smallest absolute Gasteiger partial charge is 0.249 e. The summed E-state index contributed by atoms with van der Waals surface area (Å²) >= 11 is 0. The van der Waals surface area contributed by atoms with E-state index in [2.05, 4.69) is 10.1 Å². The number of aromatic nitrogens is 2. The first-order valence-corrected chi connectivity index (χ1v) is 8.49. The molecular formula is C16H25N3O4. The van der Waals surface area contributed by atoms with Crippen molar-refractivity contribution in [3.8, 4) is 0 Å². The minimum absolute atomic E-state index is 0.0584. The molecule has 0 aliphatic carbocycles. The Morgan fingerprint density at radius 3 is 2.96 bits per heavy atom. The van der Waals surface area contributed by atoms with Crippen molar-refractivity contribution >= 4 is 5.91 Å². The van der Waals surface area contributed by atoms with Gasteiger partial charge in [-0.05, 0) is 31.6 Å². The quantitative estimate of drug-likeness (QED) is 0.742. The highest BCUT2D eigenvalue weighted by atomic mass is 16.5. The summed E-state index contributed by atoms with van der Waals surface area (Å²) in [7, 11) is 0. The van der Waals surface area contributed by atoms with E-state index in [9.17, 15) is 4.79 Å². The molecule has 0 radical (unpaired) electrons. The number of likely N-dealkylation sites (tertiary alicyclic amines) is 1. The van der Waals surface area contributed by atoms with Crippen LogP contribution in [0.4, 0.5) is 0 Å². The van der Waals surface area contributed by atoms with Crippen LogP contribution in [-0.2, 0) is 20.7 Å². The van der Waals surface area contributed by atoms with Crippen LogP contribution < -0.4 is 0 Å². The molecular weight excluding hydrogens is 298 g/mol. The van der Waals surface area contributed by atoms with Crippen molar-refractivity contribution in [3.05, 3.63) is 11.7 Å². The van der Waals surface area contributed by atoms with Crippen LogP contribution in [-0.4, -0.2) is 53.9 Å². The van der Waals surface area contributed by atoms with Crippen LogP contribution in [0.25, 0.3) is 0 Å². The highest BCUT2D eigenvalue weighted by Gasteiger charge is 2.32. The number of hydrogen-bond donors (Lipinski definition) is 0. The predicted molar refractivity (Wildman–Crippen MR) is 81.7 cm³/mol. The van der Waals surface area contributed by atoms with Crippen LogP contribution in [0.2, 0.25) is 0 Å². The average Bonchev–Trinajstić information content (AvgIpc) is 3.21. The van der Waals surface area contributed by atoms with Crippen LogP contribution in [0, 0.1) is 5.92 Å². The average molecular weight is 323 g/mol. The molecule has 2 fully saturated rings. The fraction of sp³-hybridized carbons (Fsp3) is 0.812. The van der Waals surface area contributed by atoms with Crippen LogP contribution >= 0.6 is 0 Å². The number of hydrogen-bond acceptors (Lipinski definition) is 6. The molecule has 0 saturated carbocycles. The molecule has 1 aromatic heterocycles. The van der Waals surface area contributed by atoms with Gasteiger partial charge in [-0.2, -0.15) is 4.98 Å². The van der Waals surface area contributed by atoms with Crippen molar-refractivity contribution in [2.24, 2.45) is 5.92 Å². The lowest BCUT2D eigenvalue weighted by Crippen LogP contribution is -2.28. The lowest BCUT2D eigenvalue weighted by molar-refractivity contribution is -0.130. The summed E-state index contributed by atoms with van der Waals surface area (Å²) < 4.78 is 16.4. The Balaban J connectivity index is 1.43. The van der Waals surface area contributed by atoms with Crippen molar-refractivity contribution in [3.63, 3.8) is 0 Å². The van der Waals surface area contributed by atoms with E-state index in [0.29, 0.717) is 30.7 Å². The highest BCUT2D eigenvalue weighted by molar-refractivity contribution is 5.73. The first kappa shape index (κ1) is 16.4. The van der Waals surface area contributed by atoms with Gasteiger partial charge in [-0.15, -0.1) is 0 Å². The first-order valence-electron chi connectivity index (χ1n) is 8.49. The zero-order valence-electron chi connectivity index (χ0n) is 13.7. The van der Waals surface area contributed by atoms with E-state index in [4.69, 9.17) is 14.0 Å². The SMILES string of the molecule is CC(=O)N1CCCC1c1nc(CCOCC2CCOCC2)no1. The molecule has 1 aromatic rings. The summed E-state index contributed by atoms with van der Waals surface area (Å²) in [4.78, 5) is 17.8. The van der Waals surface area contributed by atoms with Gasteiger partial charge < -0.3 is 18.9 Å². The molecule has 1 amide bonds. The van der Waals surface area contributed by atoms with Gasteiger partial charge >= 0.3 is 0 Å². The third kappa shape index (κ3) is 4.29. The molecule has 2 aliphatic rings. The molecule has 2 saturated heterocycles. The zero-order chi connectivity index (χ0) is 16.1. The van der Waals surface area contributed by atoms with E-state index in [1.54, 1.807) is 11.8 Å². The Morgan fingerprint density at radius 1 is 1.35 bits per heavy atom. The highest BCUT2D eigenvalue weighted by Crippen LogP contribution is 2.30. The van der Waals surface area contributed by atoms with Crippen molar-refractivity contribution in [2.45, 2.75) is 45.1 Å². The van der Waals surface area contributed by atoms with Crippen molar-refractivity contribution < 1.29 is 18.8 Å². The molecule has 1 atom stereocenters. The van der Waals surface area contributed by atoms with Gasteiger partial charge in [-0.25, -0.2) is 0 Å². The first-order chi connectivity index (χ1) is 11.2. The molecule has 0 N–H and O–H groups in total. The molecule has 2 aliphatic heterocycles. The fourth-order valence-corrected chi connectivity index (χ4v) is 3.23. The summed E-state index contributed by atoms with van der Waals surface area (Å²) in [6.45, 7) is 5.41. The Morgan fingerprint density at radius 2 is 2.17 bits per heavy atom. The maximum Gasteiger partial charge on any atom is 0.249 e. The van der Waals surface area contributed by atoms with E-state index in [1.807, 2.05) is 0 Å². The van der Waals surface area contributed by atoms with E-state index >= 15 is 0 Å². The second-order valence-corrected chi connectivity index (χ2v) is 6.30. The maximum atomic E-state index is 11.6. The second kappa shape index (κ2) is 7.88. The summed E-state index contributed by atoms with van der Waals surface area (Å²) in [5.41, 5.74) is 0. The Bertz CT molecular complexity index is 513. The predicted octanol–water partition coefficient (Wildman–Crippen LogP) is 1.74. The molecule has 0 aromatic carbocycles. The molecule has 0 bridgehead atoms.